The van der Waals surface area contributed by atoms with Gasteiger partial charge in [-0.3, -0.25) is 4.57 Å². The Balaban J connectivity index is 2.12. The van der Waals surface area contributed by atoms with Crippen molar-refractivity contribution in [2.45, 2.75) is 6.54 Å². The third kappa shape index (κ3) is 1.43. The lowest BCUT2D eigenvalue weighted by atomic mass is 10.1. The summed E-state index contributed by atoms with van der Waals surface area (Å²) in [5.41, 5.74) is 3.55. The maximum Gasteiger partial charge on any atom is 0.160 e. The van der Waals surface area contributed by atoms with E-state index in [2.05, 4.69) is 21.0 Å². The molecule has 1 aliphatic rings. The molecule has 1 aromatic carbocycles. The van der Waals surface area contributed by atoms with Crippen LogP contribution in [-0.4, -0.2) is 24.3 Å². The van der Waals surface area contributed by atoms with Crippen LogP contribution in [0.15, 0.2) is 30.9 Å². The third-order valence-corrected chi connectivity index (χ3v) is 3.71. The molecule has 5 nitrogen and oxygen atoms in total. The lowest BCUT2D eigenvalue weighted by Gasteiger charge is -2.08. The van der Waals surface area contributed by atoms with Gasteiger partial charge in [0.1, 0.15) is 12.7 Å². The average molecular weight is 282 g/mol. The van der Waals surface area contributed by atoms with Gasteiger partial charge in [-0.25, -0.2) is 14.6 Å². The van der Waals surface area contributed by atoms with E-state index in [0.29, 0.717) is 11.7 Å². The maximum atomic E-state index is 6.16. The summed E-state index contributed by atoms with van der Waals surface area (Å²) >= 11 is 6.16. The van der Waals surface area contributed by atoms with Gasteiger partial charge >= 0.3 is 0 Å². The Morgan fingerprint density at radius 2 is 2.20 bits per heavy atom. The summed E-state index contributed by atoms with van der Waals surface area (Å²) in [6.07, 6.45) is 8.72. The molecule has 0 fully saturated rings. The monoisotopic (exact) mass is 281 g/mol. The van der Waals surface area contributed by atoms with E-state index in [-0.39, 0.29) is 0 Å². The first-order chi connectivity index (χ1) is 9.78. The number of aromatic nitrogens is 5. The Hall–Kier alpha value is -2.58. The molecule has 0 N–H and O–H groups in total. The van der Waals surface area contributed by atoms with Gasteiger partial charge in [0.2, 0.25) is 0 Å². The average Bonchev–Trinajstić information content (AvgIpc) is 3.04. The van der Waals surface area contributed by atoms with Crippen molar-refractivity contribution in [3.63, 3.8) is 0 Å². The molecule has 0 aliphatic carbocycles. The molecule has 1 aliphatic heterocycles. The molecule has 0 radical (unpaired) electrons. The molecule has 20 heavy (non-hydrogen) atoms. The van der Waals surface area contributed by atoms with Crippen LogP contribution in [0, 0.1) is 12.3 Å². The Labute approximate surface area is 119 Å². The van der Waals surface area contributed by atoms with E-state index in [4.69, 9.17) is 18.0 Å². The fourth-order valence-electron chi connectivity index (χ4n) is 2.45. The van der Waals surface area contributed by atoms with Gasteiger partial charge < -0.3 is 0 Å². The molecule has 0 atom stereocenters. The van der Waals surface area contributed by atoms with Crippen LogP contribution in [-0.2, 0) is 6.54 Å². The van der Waals surface area contributed by atoms with Crippen molar-refractivity contribution >= 4 is 11.6 Å². The number of halogens is 1. The Morgan fingerprint density at radius 1 is 1.30 bits per heavy atom. The van der Waals surface area contributed by atoms with Crippen LogP contribution >= 0.6 is 11.6 Å². The van der Waals surface area contributed by atoms with Gasteiger partial charge in [-0.05, 0) is 18.2 Å². The second-order valence-electron chi connectivity index (χ2n) is 4.47. The fourth-order valence-corrected chi connectivity index (χ4v) is 2.64. The number of fused-ring (bicyclic) bond motifs is 5. The normalized spacial score (nSPS) is 12.0. The molecular formula is C14H8ClN5. The Kier molecular flexibility index (Phi) is 2.23. The van der Waals surface area contributed by atoms with Crippen molar-refractivity contribution in [1.82, 2.24) is 24.3 Å². The van der Waals surface area contributed by atoms with Gasteiger partial charge in [-0.1, -0.05) is 17.5 Å². The summed E-state index contributed by atoms with van der Waals surface area (Å²) in [7, 11) is 0. The van der Waals surface area contributed by atoms with Crippen LogP contribution in [0.4, 0.5) is 0 Å². The number of benzene rings is 1. The van der Waals surface area contributed by atoms with Gasteiger partial charge in [0.25, 0.3) is 0 Å². The van der Waals surface area contributed by atoms with E-state index in [1.807, 2.05) is 22.8 Å². The van der Waals surface area contributed by atoms with Crippen LogP contribution in [0.3, 0.4) is 0 Å². The molecule has 0 saturated heterocycles. The number of nitrogens with zero attached hydrogens (tertiary/aromatic N) is 5. The second kappa shape index (κ2) is 3.95. The predicted octanol–water partition coefficient (Wildman–Crippen LogP) is 2.13. The molecule has 0 spiro atoms. The quantitative estimate of drug-likeness (QED) is 0.464. The zero-order valence-corrected chi connectivity index (χ0v) is 11.0. The molecule has 3 heterocycles. The standard InChI is InChI=1S/C14H8ClN5/c1-2-9-3-4-11-10(5-9)14-16-7-18-20(14)6-12-13(15)17-8-19(11)12/h1,3-5,7-8H,6H2. The first-order valence-corrected chi connectivity index (χ1v) is 6.36. The van der Waals surface area contributed by atoms with E-state index < -0.39 is 0 Å². The van der Waals surface area contributed by atoms with E-state index in [1.165, 1.54) is 6.33 Å². The molecular weight excluding hydrogens is 274 g/mol. The van der Waals surface area contributed by atoms with E-state index in [9.17, 15) is 0 Å². The van der Waals surface area contributed by atoms with Crippen LogP contribution < -0.4 is 0 Å². The highest BCUT2D eigenvalue weighted by Crippen LogP contribution is 2.32. The van der Waals surface area contributed by atoms with E-state index >= 15 is 0 Å². The summed E-state index contributed by atoms with van der Waals surface area (Å²) in [6, 6.07) is 5.78. The second-order valence-corrected chi connectivity index (χ2v) is 4.83. The first-order valence-electron chi connectivity index (χ1n) is 5.99. The predicted molar refractivity (Wildman–Crippen MR) is 74.6 cm³/mol. The minimum absolute atomic E-state index is 0.473. The van der Waals surface area contributed by atoms with Crippen molar-refractivity contribution < 1.29 is 0 Å². The summed E-state index contributed by atoms with van der Waals surface area (Å²) in [6.45, 7) is 0.522. The minimum Gasteiger partial charge on any atom is -0.299 e. The van der Waals surface area contributed by atoms with Crippen molar-refractivity contribution in [3.05, 3.63) is 47.3 Å². The van der Waals surface area contributed by atoms with Gasteiger partial charge in [-0.15, -0.1) is 6.42 Å². The number of imidazole rings is 1. The van der Waals surface area contributed by atoms with Crippen LogP contribution in [0.2, 0.25) is 5.15 Å². The van der Waals surface area contributed by atoms with Crippen molar-refractivity contribution in [3.8, 4) is 29.4 Å². The van der Waals surface area contributed by atoms with Gasteiger partial charge in [0, 0.05) is 11.1 Å². The molecule has 0 saturated carbocycles. The SMILES string of the molecule is C#Cc1ccc2c(c1)-c1ncnn1Cc1c(Cl)ncn1-2. The van der Waals surface area contributed by atoms with Gasteiger partial charge in [0.15, 0.2) is 11.0 Å². The number of terminal acetylenes is 1. The van der Waals surface area contributed by atoms with Crippen LogP contribution in [0.1, 0.15) is 11.3 Å². The summed E-state index contributed by atoms with van der Waals surface area (Å²) in [4.78, 5) is 8.50. The first kappa shape index (κ1) is 11.3. The molecule has 96 valence electrons. The molecule has 4 rings (SSSR count). The summed E-state index contributed by atoms with van der Waals surface area (Å²) in [5.74, 6) is 3.42. The highest BCUT2D eigenvalue weighted by atomic mass is 35.5. The fraction of sp³-hybridized carbons (Fsp3) is 0.0714. The lowest BCUT2D eigenvalue weighted by molar-refractivity contribution is 0.677. The lowest BCUT2D eigenvalue weighted by Crippen LogP contribution is -2.04. The topological polar surface area (TPSA) is 48.5 Å². The zero-order valence-electron chi connectivity index (χ0n) is 10.3. The molecule has 3 aromatic rings. The summed E-state index contributed by atoms with van der Waals surface area (Å²) in [5, 5.41) is 4.72. The molecule has 2 aromatic heterocycles. The van der Waals surface area contributed by atoms with Crippen molar-refractivity contribution in [1.29, 1.82) is 0 Å². The van der Waals surface area contributed by atoms with Gasteiger partial charge in [0.05, 0.1) is 17.9 Å². The van der Waals surface area contributed by atoms with Crippen molar-refractivity contribution in [2.75, 3.05) is 0 Å². The molecule has 6 heteroatoms. The Bertz CT molecular complexity index is 868. The minimum atomic E-state index is 0.473. The highest BCUT2D eigenvalue weighted by Gasteiger charge is 2.22. The number of rotatable bonds is 0. The molecule has 0 amide bonds. The smallest absolute Gasteiger partial charge is 0.160 e. The molecule has 0 unspecified atom stereocenters. The Morgan fingerprint density at radius 3 is 3.05 bits per heavy atom. The van der Waals surface area contributed by atoms with Crippen molar-refractivity contribution in [2.24, 2.45) is 0 Å². The molecule has 0 bridgehead atoms. The van der Waals surface area contributed by atoms with E-state index in [1.54, 1.807) is 11.0 Å². The third-order valence-electron chi connectivity index (χ3n) is 3.39. The van der Waals surface area contributed by atoms with E-state index in [0.717, 1.165) is 28.3 Å². The number of hydrogen-bond acceptors (Lipinski definition) is 3. The zero-order chi connectivity index (χ0) is 13.7. The van der Waals surface area contributed by atoms with Gasteiger partial charge in [-0.2, -0.15) is 5.10 Å². The van der Waals surface area contributed by atoms with Crippen LogP contribution in [0.25, 0.3) is 17.1 Å². The largest absolute Gasteiger partial charge is 0.299 e. The number of hydrogen-bond donors (Lipinski definition) is 0. The highest BCUT2D eigenvalue weighted by molar-refractivity contribution is 6.30. The maximum absolute atomic E-state index is 6.16. The van der Waals surface area contributed by atoms with Crippen LogP contribution in [0.5, 0.6) is 0 Å². The summed E-state index contributed by atoms with van der Waals surface area (Å²) < 4.78 is 3.75.